The number of thiophene rings is 1. The molecule has 2 rings (SSSR count). The lowest BCUT2D eigenvalue weighted by molar-refractivity contribution is 0.199. The van der Waals surface area contributed by atoms with E-state index in [1.165, 1.54) is 37.0 Å². The van der Waals surface area contributed by atoms with Crippen LogP contribution >= 0.6 is 11.3 Å². The largest absolute Gasteiger partial charge is 0.304 e. The summed E-state index contributed by atoms with van der Waals surface area (Å²) in [4.78, 5) is 1.53. The highest BCUT2D eigenvalue weighted by atomic mass is 32.1. The van der Waals surface area contributed by atoms with E-state index in [4.69, 9.17) is 0 Å². The standard InChI is InChI=1S/C18H31NS/c1-17(2,3)13-18(4,5)19-16(14-9-6-7-10-14)15-11-8-12-20-15/h8,11-12,14,16,19H,6-7,9-10,13H2,1-5H3. The molecule has 20 heavy (non-hydrogen) atoms. The highest BCUT2D eigenvalue weighted by Gasteiger charge is 2.33. The minimum absolute atomic E-state index is 0.190. The second kappa shape index (κ2) is 6.19. The SMILES string of the molecule is CC(C)(C)CC(C)(C)NC(c1cccs1)C1CCCC1. The molecule has 1 unspecified atom stereocenters. The molecule has 1 atom stereocenters. The monoisotopic (exact) mass is 293 g/mol. The van der Waals surface area contributed by atoms with Crippen LogP contribution < -0.4 is 5.32 Å². The lowest BCUT2D eigenvalue weighted by atomic mass is 9.80. The van der Waals surface area contributed by atoms with Crippen LogP contribution in [0.2, 0.25) is 0 Å². The first kappa shape index (κ1) is 16.0. The highest BCUT2D eigenvalue weighted by Crippen LogP contribution is 2.39. The zero-order chi connectivity index (χ0) is 14.8. The van der Waals surface area contributed by atoms with Crippen molar-refractivity contribution in [1.82, 2.24) is 5.32 Å². The summed E-state index contributed by atoms with van der Waals surface area (Å²) >= 11 is 1.91. The number of nitrogens with one attached hydrogen (secondary N) is 1. The number of hydrogen-bond acceptors (Lipinski definition) is 2. The van der Waals surface area contributed by atoms with Gasteiger partial charge in [-0.2, -0.15) is 0 Å². The van der Waals surface area contributed by atoms with Gasteiger partial charge in [0.2, 0.25) is 0 Å². The number of rotatable bonds is 5. The Bertz CT molecular complexity index is 394. The maximum absolute atomic E-state index is 4.00. The van der Waals surface area contributed by atoms with Crippen LogP contribution in [0, 0.1) is 11.3 Å². The van der Waals surface area contributed by atoms with Gasteiger partial charge in [-0.3, -0.25) is 0 Å². The van der Waals surface area contributed by atoms with Crippen molar-refractivity contribution in [2.24, 2.45) is 11.3 Å². The summed E-state index contributed by atoms with van der Waals surface area (Å²) in [5.74, 6) is 0.827. The van der Waals surface area contributed by atoms with E-state index in [0.717, 1.165) is 5.92 Å². The molecule has 1 heterocycles. The van der Waals surface area contributed by atoms with Crippen LogP contribution in [-0.2, 0) is 0 Å². The van der Waals surface area contributed by atoms with E-state index >= 15 is 0 Å². The lowest BCUT2D eigenvalue weighted by Crippen LogP contribution is -2.46. The Hall–Kier alpha value is -0.340. The Morgan fingerprint density at radius 3 is 2.35 bits per heavy atom. The van der Waals surface area contributed by atoms with Crippen LogP contribution in [0.1, 0.15) is 77.6 Å². The van der Waals surface area contributed by atoms with Crippen molar-refractivity contribution in [3.63, 3.8) is 0 Å². The molecule has 0 radical (unpaired) electrons. The van der Waals surface area contributed by atoms with E-state index < -0.39 is 0 Å². The molecule has 0 spiro atoms. The van der Waals surface area contributed by atoms with Crippen molar-refractivity contribution >= 4 is 11.3 Å². The van der Waals surface area contributed by atoms with Gasteiger partial charge in [-0.1, -0.05) is 39.7 Å². The summed E-state index contributed by atoms with van der Waals surface area (Å²) < 4.78 is 0. The second-order valence-corrected chi connectivity index (χ2v) is 9.28. The van der Waals surface area contributed by atoms with Crippen molar-refractivity contribution in [2.75, 3.05) is 0 Å². The normalized spacial score (nSPS) is 19.4. The average molecular weight is 294 g/mol. The Kier molecular flexibility index (Phi) is 4.96. The maximum atomic E-state index is 4.00. The fourth-order valence-electron chi connectivity index (χ4n) is 3.98. The summed E-state index contributed by atoms with van der Waals surface area (Å²) in [6, 6.07) is 5.06. The van der Waals surface area contributed by atoms with Crippen LogP contribution in [0.3, 0.4) is 0 Å². The van der Waals surface area contributed by atoms with E-state index in [1.807, 2.05) is 11.3 Å². The third-order valence-corrected chi connectivity index (χ3v) is 5.19. The first-order chi connectivity index (χ1) is 9.27. The van der Waals surface area contributed by atoms with Crippen LogP contribution in [0.15, 0.2) is 17.5 Å². The van der Waals surface area contributed by atoms with Crippen LogP contribution in [0.5, 0.6) is 0 Å². The fraction of sp³-hybridized carbons (Fsp3) is 0.778. The smallest absolute Gasteiger partial charge is 0.0447 e. The van der Waals surface area contributed by atoms with Gasteiger partial charge < -0.3 is 5.32 Å². The molecule has 0 amide bonds. The summed E-state index contributed by atoms with van der Waals surface area (Å²) in [7, 11) is 0. The van der Waals surface area contributed by atoms with Crippen molar-refractivity contribution < 1.29 is 0 Å². The van der Waals surface area contributed by atoms with E-state index in [0.29, 0.717) is 11.5 Å². The van der Waals surface area contributed by atoms with Gasteiger partial charge in [-0.25, -0.2) is 0 Å². The molecule has 1 fully saturated rings. The van der Waals surface area contributed by atoms with E-state index in [1.54, 1.807) is 0 Å². The zero-order valence-corrected chi connectivity index (χ0v) is 14.6. The second-order valence-electron chi connectivity index (χ2n) is 8.30. The molecule has 1 N–H and O–H groups in total. The van der Waals surface area contributed by atoms with Crippen LogP contribution in [-0.4, -0.2) is 5.54 Å². The van der Waals surface area contributed by atoms with Gasteiger partial charge in [0, 0.05) is 16.5 Å². The molecule has 114 valence electrons. The van der Waals surface area contributed by atoms with E-state index in [-0.39, 0.29) is 5.54 Å². The van der Waals surface area contributed by atoms with Gasteiger partial charge in [0.1, 0.15) is 0 Å². The van der Waals surface area contributed by atoms with Gasteiger partial charge in [0.05, 0.1) is 0 Å². The molecule has 0 bridgehead atoms. The number of hydrogen-bond donors (Lipinski definition) is 1. The van der Waals surface area contributed by atoms with Crippen molar-refractivity contribution in [2.45, 2.75) is 78.3 Å². The summed E-state index contributed by atoms with van der Waals surface area (Å²) in [5.41, 5.74) is 0.557. The Labute approximate surface area is 129 Å². The average Bonchev–Trinajstić information content (AvgIpc) is 2.96. The van der Waals surface area contributed by atoms with Crippen molar-refractivity contribution in [1.29, 1.82) is 0 Å². The Morgan fingerprint density at radius 1 is 1.20 bits per heavy atom. The molecule has 1 aromatic rings. The van der Waals surface area contributed by atoms with Crippen molar-refractivity contribution in [3.8, 4) is 0 Å². The third kappa shape index (κ3) is 4.60. The fourth-order valence-corrected chi connectivity index (χ4v) is 4.85. The summed E-state index contributed by atoms with van der Waals surface area (Å²) in [5, 5.41) is 6.22. The molecule has 1 aliphatic carbocycles. The molecule has 1 aromatic heterocycles. The minimum atomic E-state index is 0.190. The van der Waals surface area contributed by atoms with E-state index in [9.17, 15) is 0 Å². The Morgan fingerprint density at radius 2 is 1.85 bits per heavy atom. The lowest BCUT2D eigenvalue weighted by Gasteiger charge is -2.38. The molecule has 1 saturated carbocycles. The predicted octanol–water partition coefficient (Wildman–Crippen LogP) is 5.78. The van der Waals surface area contributed by atoms with Crippen molar-refractivity contribution in [3.05, 3.63) is 22.4 Å². The molecular weight excluding hydrogens is 262 g/mol. The van der Waals surface area contributed by atoms with Gasteiger partial charge in [-0.15, -0.1) is 11.3 Å². The maximum Gasteiger partial charge on any atom is 0.0447 e. The molecular formula is C18H31NS. The van der Waals surface area contributed by atoms with Gasteiger partial charge in [0.15, 0.2) is 0 Å². The molecule has 1 aliphatic rings. The minimum Gasteiger partial charge on any atom is -0.304 e. The van der Waals surface area contributed by atoms with Gasteiger partial charge >= 0.3 is 0 Å². The molecule has 2 heteroatoms. The molecule has 0 aromatic carbocycles. The zero-order valence-electron chi connectivity index (χ0n) is 13.8. The van der Waals surface area contributed by atoms with Crippen LogP contribution in [0.25, 0.3) is 0 Å². The first-order valence-corrected chi connectivity index (χ1v) is 8.96. The third-order valence-electron chi connectivity index (χ3n) is 4.24. The molecule has 0 saturated heterocycles. The first-order valence-electron chi connectivity index (χ1n) is 8.08. The Balaban J connectivity index is 2.11. The van der Waals surface area contributed by atoms with E-state index in [2.05, 4.69) is 57.4 Å². The topological polar surface area (TPSA) is 12.0 Å². The summed E-state index contributed by atoms with van der Waals surface area (Å²) in [6.07, 6.45) is 6.80. The predicted molar refractivity (Wildman–Crippen MR) is 90.3 cm³/mol. The molecule has 0 aliphatic heterocycles. The summed E-state index contributed by atoms with van der Waals surface area (Å²) in [6.45, 7) is 11.8. The quantitative estimate of drug-likeness (QED) is 0.725. The highest BCUT2D eigenvalue weighted by molar-refractivity contribution is 7.10. The van der Waals surface area contributed by atoms with Gasteiger partial charge in [0.25, 0.3) is 0 Å². The van der Waals surface area contributed by atoms with Crippen LogP contribution in [0.4, 0.5) is 0 Å². The molecule has 1 nitrogen and oxygen atoms in total. The van der Waals surface area contributed by atoms with Gasteiger partial charge in [-0.05, 0) is 55.9 Å².